The summed E-state index contributed by atoms with van der Waals surface area (Å²) in [6.07, 6.45) is -9.00. The molecule has 0 spiro atoms. The van der Waals surface area contributed by atoms with Crippen LogP contribution in [0.15, 0.2) is 0 Å². The normalized spacial score (nSPS) is 53.5. The van der Waals surface area contributed by atoms with Gasteiger partial charge in [0.05, 0.1) is 18.8 Å². The van der Waals surface area contributed by atoms with Crippen LogP contribution < -0.4 is 5.73 Å². The monoisotopic (exact) mass is 323 g/mol. The second-order valence-corrected chi connectivity index (χ2v) is 6.26. The molecule has 0 saturated carbocycles. The number of nitrogens with two attached hydrogens (primary N) is 1. The Hall–Kier alpha value is -0.360. The van der Waals surface area contributed by atoms with Crippen LogP contribution in [0.5, 0.6) is 0 Å². The lowest BCUT2D eigenvalue weighted by Gasteiger charge is -2.46. The van der Waals surface area contributed by atoms with Crippen LogP contribution in [0.4, 0.5) is 0 Å². The first-order chi connectivity index (χ1) is 10.2. The minimum Gasteiger partial charge on any atom is -0.394 e. The van der Waals surface area contributed by atoms with Crippen molar-refractivity contribution >= 4 is 0 Å². The van der Waals surface area contributed by atoms with Crippen LogP contribution in [0.1, 0.15) is 20.3 Å². The van der Waals surface area contributed by atoms with E-state index in [4.69, 9.17) is 25.1 Å². The van der Waals surface area contributed by atoms with Gasteiger partial charge in [-0.05, 0) is 13.8 Å². The highest BCUT2D eigenvalue weighted by atomic mass is 16.7. The Kier molecular flexibility index (Phi) is 5.42. The maximum absolute atomic E-state index is 10.0. The first-order valence-corrected chi connectivity index (χ1v) is 7.25. The van der Waals surface area contributed by atoms with Gasteiger partial charge in [-0.3, -0.25) is 0 Å². The van der Waals surface area contributed by atoms with E-state index in [1.54, 1.807) is 13.8 Å². The van der Waals surface area contributed by atoms with Crippen molar-refractivity contribution in [2.75, 3.05) is 6.61 Å². The van der Waals surface area contributed by atoms with Crippen molar-refractivity contribution in [2.24, 2.45) is 5.73 Å². The molecule has 0 aromatic heterocycles. The average molecular weight is 323 g/mol. The summed E-state index contributed by atoms with van der Waals surface area (Å²) >= 11 is 0. The van der Waals surface area contributed by atoms with E-state index in [9.17, 15) is 20.4 Å². The van der Waals surface area contributed by atoms with Gasteiger partial charge >= 0.3 is 0 Å². The molecule has 4 unspecified atom stereocenters. The Morgan fingerprint density at radius 3 is 2.36 bits per heavy atom. The van der Waals surface area contributed by atoms with Gasteiger partial charge in [0.1, 0.15) is 24.4 Å². The lowest BCUT2D eigenvalue weighted by Crippen LogP contribution is -2.63. The SMILES string of the molecule is C[C@@H]1O[C@@H](O[C@@H]2C(O)OC(CO)C(O)[C@@H]2O)CC(C)(N)[C@@H]1O. The van der Waals surface area contributed by atoms with Gasteiger partial charge in [-0.1, -0.05) is 0 Å². The fraction of sp³-hybridized carbons (Fsp3) is 1.00. The van der Waals surface area contributed by atoms with Crippen molar-refractivity contribution in [2.45, 2.75) is 75.0 Å². The van der Waals surface area contributed by atoms with Crippen molar-refractivity contribution in [3.8, 4) is 0 Å². The van der Waals surface area contributed by atoms with E-state index in [-0.39, 0.29) is 6.42 Å². The summed E-state index contributed by atoms with van der Waals surface area (Å²) in [5, 5.41) is 48.7. The molecule has 0 radical (unpaired) electrons. The number of hydrogen-bond donors (Lipinski definition) is 6. The molecule has 9 nitrogen and oxygen atoms in total. The fourth-order valence-electron chi connectivity index (χ4n) is 2.85. The second-order valence-electron chi connectivity index (χ2n) is 6.26. The zero-order chi connectivity index (χ0) is 16.7. The maximum Gasteiger partial charge on any atom is 0.184 e. The van der Waals surface area contributed by atoms with Gasteiger partial charge in [0.15, 0.2) is 12.6 Å². The number of hydrogen-bond acceptors (Lipinski definition) is 9. The quantitative estimate of drug-likeness (QED) is 0.319. The van der Waals surface area contributed by atoms with Gasteiger partial charge in [-0.25, -0.2) is 0 Å². The van der Waals surface area contributed by atoms with E-state index in [2.05, 4.69) is 0 Å². The molecule has 2 rings (SSSR count). The van der Waals surface area contributed by atoms with Crippen molar-refractivity contribution in [3.63, 3.8) is 0 Å². The maximum atomic E-state index is 10.0. The molecule has 22 heavy (non-hydrogen) atoms. The molecule has 9 atom stereocenters. The second kappa shape index (κ2) is 6.63. The van der Waals surface area contributed by atoms with E-state index < -0.39 is 61.3 Å². The summed E-state index contributed by atoms with van der Waals surface area (Å²) in [5.41, 5.74) is 5.04. The molecule has 0 aliphatic carbocycles. The molecule has 0 aromatic rings. The Labute approximate surface area is 128 Å². The number of rotatable bonds is 3. The van der Waals surface area contributed by atoms with E-state index in [0.717, 1.165) is 0 Å². The minimum absolute atomic E-state index is 0.133. The van der Waals surface area contributed by atoms with Gasteiger partial charge in [0.2, 0.25) is 0 Å². The van der Waals surface area contributed by atoms with Gasteiger partial charge < -0.3 is 45.5 Å². The van der Waals surface area contributed by atoms with E-state index in [0.29, 0.717) is 0 Å². The van der Waals surface area contributed by atoms with Crippen LogP contribution in [-0.4, -0.2) is 86.9 Å². The number of aliphatic hydroxyl groups is 5. The Morgan fingerprint density at radius 2 is 1.82 bits per heavy atom. The molecular weight excluding hydrogens is 298 g/mol. The average Bonchev–Trinajstić information content (AvgIpc) is 2.44. The van der Waals surface area contributed by atoms with Gasteiger partial charge in [-0.15, -0.1) is 0 Å². The highest BCUT2D eigenvalue weighted by Crippen LogP contribution is 2.31. The predicted molar refractivity (Wildman–Crippen MR) is 72.4 cm³/mol. The van der Waals surface area contributed by atoms with E-state index in [1.165, 1.54) is 0 Å². The fourth-order valence-corrected chi connectivity index (χ4v) is 2.85. The zero-order valence-electron chi connectivity index (χ0n) is 12.6. The Morgan fingerprint density at radius 1 is 1.18 bits per heavy atom. The topological polar surface area (TPSA) is 155 Å². The third-order valence-electron chi connectivity index (χ3n) is 4.24. The molecule has 7 N–H and O–H groups in total. The standard InChI is InChI=1S/C13H25NO8/c1-5-11(18)13(2,14)3-7(20-5)22-10-9(17)8(16)6(4-15)21-12(10)19/h5-12,15-19H,3-4,14H2,1-2H3/t5-,6?,7-,8?,9-,10-,11+,12?,13?/m0/s1. The van der Waals surface area contributed by atoms with Crippen LogP contribution >= 0.6 is 0 Å². The summed E-state index contributed by atoms with van der Waals surface area (Å²) in [6.45, 7) is 2.73. The number of aliphatic hydroxyl groups excluding tert-OH is 5. The smallest absolute Gasteiger partial charge is 0.184 e. The molecule has 2 aliphatic heterocycles. The molecule has 9 heteroatoms. The molecule has 0 amide bonds. The zero-order valence-corrected chi connectivity index (χ0v) is 12.6. The Bertz CT molecular complexity index is 381. The van der Waals surface area contributed by atoms with Crippen LogP contribution in [0, 0.1) is 0 Å². The Balaban J connectivity index is 2.04. The van der Waals surface area contributed by atoms with Crippen LogP contribution in [0.25, 0.3) is 0 Å². The molecule has 130 valence electrons. The summed E-state index contributed by atoms with van der Waals surface area (Å²) in [7, 11) is 0. The van der Waals surface area contributed by atoms with Crippen molar-refractivity contribution in [1.82, 2.24) is 0 Å². The van der Waals surface area contributed by atoms with E-state index in [1.807, 2.05) is 0 Å². The lowest BCUT2D eigenvalue weighted by atomic mass is 9.86. The molecule has 0 bridgehead atoms. The van der Waals surface area contributed by atoms with Crippen LogP contribution in [0.2, 0.25) is 0 Å². The van der Waals surface area contributed by atoms with Crippen molar-refractivity contribution < 1.29 is 39.7 Å². The molecule has 2 aliphatic rings. The lowest BCUT2D eigenvalue weighted by molar-refractivity contribution is -0.339. The largest absolute Gasteiger partial charge is 0.394 e. The highest BCUT2D eigenvalue weighted by Gasteiger charge is 2.48. The van der Waals surface area contributed by atoms with E-state index >= 15 is 0 Å². The predicted octanol–water partition coefficient (Wildman–Crippen LogP) is -2.98. The summed E-state index contributed by atoms with van der Waals surface area (Å²) in [4.78, 5) is 0. The third-order valence-corrected chi connectivity index (χ3v) is 4.24. The van der Waals surface area contributed by atoms with Gasteiger partial charge in [0, 0.05) is 12.0 Å². The molecule has 2 saturated heterocycles. The summed E-state index contributed by atoms with van der Waals surface area (Å²) in [6, 6.07) is 0. The summed E-state index contributed by atoms with van der Waals surface area (Å²) in [5.74, 6) is 0. The first kappa shape index (κ1) is 18.0. The molecule has 2 fully saturated rings. The van der Waals surface area contributed by atoms with Crippen molar-refractivity contribution in [1.29, 1.82) is 0 Å². The van der Waals surface area contributed by atoms with Gasteiger partial charge in [0.25, 0.3) is 0 Å². The minimum atomic E-state index is -1.54. The third kappa shape index (κ3) is 3.42. The molecule has 0 aromatic carbocycles. The number of ether oxygens (including phenoxy) is 3. The molecule has 2 heterocycles. The molecular formula is C13H25NO8. The van der Waals surface area contributed by atoms with Gasteiger partial charge in [-0.2, -0.15) is 0 Å². The summed E-state index contributed by atoms with van der Waals surface area (Å²) < 4.78 is 16.0. The van der Waals surface area contributed by atoms with Crippen LogP contribution in [0.3, 0.4) is 0 Å². The van der Waals surface area contributed by atoms with Crippen molar-refractivity contribution in [3.05, 3.63) is 0 Å². The van der Waals surface area contributed by atoms with Crippen LogP contribution in [-0.2, 0) is 14.2 Å². The highest BCUT2D eigenvalue weighted by molar-refractivity contribution is 4.96. The first-order valence-electron chi connectivity index (χ1n) is 7.25.